The van der Waals surface area contributed by atoms with Crippen molar-refractivity contribution in [2.45, 2.75) is 54.6 Å². The number of amidine groups is 2. The molecule has 1 atom stereocenters. The first-order valence-electron chi connectivity index (χ1n) is 11.1. The third kappa shape index (κ3) is 6.58. The minimum atomic E-state index is -4.01. The normalized spacial score (nSPS) is 20.9. The predicted molar refractivity (Wildman–Crippen MR) is 144 cm³/mol. The molecule has 0 fully saturated rings. The second kappa shape index (κ2) is 11.2. The van der Waals surface area contributed by atoms with Gasteiger partial charge in [-0.05, 0) is 63.6 Å². The number of fused-ring (bicyclic) bond motifs is 1. The van der Waals surface area contributed by atoms with Gasteiger partial charge in [0.2, 0.25) is 0 Å². The van der Waals surface area contributed by atoms with Gasteiger partial charge >= 0.3 is 0 Å². The van der Waals surface area contributed by atoms with Gasteiger partial charge in [0.15, 0.2) is 12.0 Å². The Kier molecular flexibility index (Phi) is 8.83. The topological polar surface area (TPSA) is 82.9 Å². The molecule has 6 nitrogen and oxygen atoms in total. The van der Waals surface area contributed by atoms with Crippen LogP contribution in [0, 0.1) is 17.3 Å². The van der Waals surface area contributed by atoms with Crippen molar-refractivity contribution in [2.24, 2.45) is 14.8 Å². The van der Waals surface area contributed by atoms with E-state index in [-0.39, 0.29) is 16.2 Å². The van der Waals surface area contributed by atoms with Crippen LogP contribution in [0.1, 0.15) is 48.5 Å². The third-order valence-corrected chi connectivity index (χ3v) is 6.36. The molecule has 0 saturated heterocycles. The Morgan fingerprint density at radius 1 is 1.26 bits per heavy atom. The lowest BCUT2D eigenvalue weighted by atomic mass is 9.89. The molecule has 0 amide bonds. The number of aliphatic imine (C=N–C) groups is 1. The van der Waals surface area contributed by atoms with Crippen LogP contribution in [0.3, 0.4) is 0 Å². The van der Waals surface area contributed by atoms with Gasteiger partial charge in [0, 0.05) is 22.3 Å². The molecule has 2 aliphatic rings. The highest BCUT2D eigenvalue weighted by Crippen LogP contribution is 2.29. The number of nitrogens with one attached hydrogen (secondary N) is 2. The minimum absolute atomic E-state index is 0.0102. The van der Waals surface area contributed by atoms with E-state index in [0.29, 0.717) is 11.4 Å². The molecular formula is C27H34N4O2S. The monoisotopic (exact) mass is 478 g/mol. The summed E-state index contributed by atoms with van der Waals surface area (Å²) >= 11 is 0. The molecule has 0 aromatic carbocycles. The first kappa shape index (κ1) is 26.9. The summed E-state index contributed by atoms with van der Waals surface area (Å²) in [5, 5.41) is 6.58. The molecule has 0 saturated carbocycles. The standard InChI is InChI=1S/C27H34N4O2S/c1-9-13-15-21(12-4)34(32,33)31-26-22-16-17-23(27(6,7)8)28-25(22)29-24(30-26)20(11-3)18-19(5)14-10-2/h9,11-13,15-18,25,28H,4H2,1-3,5-8H3,(H,29,30,31)/b13-9-,19-18-,20-11+,21-15+. The molecule has 34 heavy (non-hydrogen) atoms. The quantitative estimate of drug-likeness (QED) is 0.413. The lowest BCUT2D eigenvalue weighted by Gasteiger charge is -2.35. The van der Waals surface area contributed by atoms with Crippen LogP contribution < -0.4 is 10.6 Å². The van der Waals surface area contributed by atoms with Gasteiger partial charge in [0.05, 0.1) is 4.91 Å². The molecule has 0 radical (unpaired) electrons. The van der Waals surface area contributed by atoms with Crippen LogP contribution in [0.25, 0.3) is 0 Å². The van der Waals surface area contributed by atoms with E-state index in [0.717, 1.165) is 16.8 Å². The molecule has 180 valence electrons. The Morgan fingerprint density at radius 2 is 1.97 bits per heavy atom. The van der Waals surface area contributed by atoms with E-state index in [1.165, 1.54) is 12.2 Å². The lowest BCUT2D eigenvalue weighted by Crippen LogP contribution is -2.48. The van der Waals surface area contributed by atoms with Crippen molar-refractivity contribution in [2.75, 3.05) is 0 Å². The van der Waals surface area contributed by atoms with Crippen molar-refractivity contribution in [3.63, 3.8) is 0 Å². The summed E-state index contributed by atoms with van der Waals surface area (Å²) in [5.41, 5.74) is 3.15. The predicted octanol–water partition coefficient (Wildman–Crippen LogP) is 5.06. The van der Waals surface area contributed by atoms with Crippen molar-refractivity contribution in [1.82, 2.24) is 10.6 Å². The summed E-state index contributed by atoms with van der Waals surface area (Å²) in [7, 11) is -4.01. The first-order chi connectivity index (χ1) is 16.0. The minimum Gasteiger partial charge on any atom is -0.363 e. The zero-order valence-corrected chi connectivity index (χ0v) is 21.8. The van der Waals surface area contributed by atoms with E-state index in [1.807, 2.05) is 38.2 Å². The van der Waals surface area contributed by atoms with Crippen molar-refractivity contribution in [3.05, 3.63) is 82.5 Å². The lowest BCUT2D eigenvalue weighted by molar-refractivity contribution is 0.440. The SMILES string of the molecule is C=C/C(=C\C=C/C)S(=O)(=O)N=C1NC(C(/C=C(/C)C#CC)=C/C)=NC2NC(C(C)(C)C)=CC=C12. The summed E-state index contributed by atoms with van der Waals surface area (Å²) in [6, 6.07) is 0. The van der Waals surface area contributed by atoms with Crippen LogP contribution in [0.4, 0.5) is 0 Å². The number of hydrogen-bond donors (Lipinski definition) is 2. The molecule has 2 heterocycles. The summed E-state index contributed by atoms with van der Waals surface area (Å²) in [4.78, 5) is 4.86. The van der Waals surface area contributed by atoms with E-state index in [9.17, 15) is 8.42 Å². The van der Waals surface area contributed by atoms with Gasteiger partial charge in [-0.15, -0.1) is 10.3 Å². The summed E-state index contributed by atoms with van der Waals surface area (Å²) in [6.07, 6.45) is 13.3. The Morgan fingerprint density at radius 3 is 2.53 bits per heavy atom. The van der Waals surface area contributed by atoms with Gasteiger partial charge in [0.1, 0.15) is 5.84 Å². The van der Waals surface area contributed by atoms with Gasteiger partial charge in [-0.3, -0.25) is 0 Å². The van der Waals surface area contributed by atoms with E-state index in [1.54, 1.807) is 26.0 Å². The zero-order chi connectivity index (χ0) is 25.5. The fourth-order valence-corrected chi connectivity index (χ4v) is 4.22. The molecule has 0 aromatic rings. The average molecular weight is 479 g/mol. The van der Waals surface area contributed by atoms with Crippen LogP contribution in [-0.4, -0.2) is 26.3 Å². The Hall–Kier alpha value is -3.37. The van der Waals surface area contributed by atoms with Crippen molar-refractivity contribution >= 4 is 21.7 Å². The second-order valence-electron chi connectivity index (χ2n) is 8.76. The number of hydrogen-bond acceptors (Lipinski definition) is 4. The fraction of sp³-hybridized carbons (Fsp3) is 0.333. The molecule has 7 heteroatoms. The number of nitrogens with zero attached hydrogens (tertiary/aromatic N) is 2. The second-order valence-corrected chi connectivity index (χ2v) is 10.4. The fourth-order valence-electron chi connectivity index (χ4n) is 3.26. The van der Waals surface area contributed by atoms with Gasteiger partial charge < -0.3 is 10.6 Å². The molecule has 0 spiro atoms. The van der Waals surface area contributed by atoms with E-state index in [4.69, 9.17) is 4.99 Å². The Balaban J connectivity index is 2.69. The molecule has 2 rings (SSSR count). The number of sulfonamides is 1. The van der Waals surface area contributed by atoms with Gasteiger partial charge in [-0.2, -0.15) is 8.42 Å². The molecule has 0 aromatic heterocycles. The maximum Gasteiger partial charge on any atom is 0.284 e. The molecular weight excluding hydrogens is 444 g/mol. The smallest absolute Gasteiger partial charge is 0.284 e. The summed E-state index contributed by atoms with van der Waals surface area (Å²) in [6.45, 7) is 17.3. The van der Waals surface area contributed by atoms with E-state index in [2.05, 4.69) is 54.2 Å². The van der Waals surface area contributed by atoms with Crippen LogP contribution in [0.2, 0.25) is 0 Å². The zero-order valence-electron chi connectivity index (χ0n) is 21.0. The Labute approximate surface area is 204 Å². The molecule has 0 aliphatic carbocycles. The van der Waals surface area contributed by atoms with Crippen molar-refractivity contribution in [1.29, 1.82) is 0 Å². The molecule has 2 N–H and O–H groups in total. The molecule has 1 unspecified atom stereocenters. The highest BCUT2D eigenvalue weighted by Gasteiger charge is 2.32. The van der Waals surface area contributed by atoms with Crippen LogP contribution in [0.15, 0.2) is 91.9 Å². The largest absolute Gasteiger partial charge is 0.363 e. The number of rotatable bonds is 6. The highest BCUT2D eigenvalue weighted by molar-refractivity contribution is 7.94. The summed E-state index contributed by atoms with van der Waals surface area (Å²) in [5.74, 6) is 6.63. The van der Waals surface area contributed by atoms with Gasteiger partial charge in [-0.1, -0.05) is 51.5 Å². The molecule has 0 bridgehead atoms. The maximum atomic E-state index is 13.1. The third-order valence-electron chi connectivity index (χ3n) is 5.03. The van der Waals surface area contributed by atoms with Crippen LogP contribution in [-0.2, 0) is 10.0 Å². The van der Waals surface area contributed by atoms with Crippen molar-refractivity contribution in [3.8, 4) is 11.8 Å². The van der Waals surface area contributed by atoms with Crippen LogP contribution in [0.5, 0.6) is 0 Å². The Bertz CT molecular complexity index is 1250. The maximum absolute atomic E-state index is 13.1. The highest BCUT2D eigenvalue weighted by atomic mass is 32.2. The van der Waals surface area contributed by atoms with Gasteiger partial charge in [-0.25, -0.2) is 4.99 Å². The molecule has 2 aliphatic heterocycles. The summed E-state index contributed by atoms with van der Waals surface area (Å²) < 4.78 is 30.3. The first-order valence-corrected chi connectivity index (χ1v) is 12.5. The van der Waals surface area contributed by atoms with Crippen LogP contribution >= 0.6 is 0 Å². The van der Waals surface area contributed by atoms with Gasteiger partial charge in [0.25, 0.3) is 10.0 Å². The van der Waals surface area contributed by atoms with E-state index >= 15 is 0 Å². The number of dihydropyridines is 1. The van der Waals surface area contributed by atoms with E-state index < -0.39 is 16.2 Å². The van der Waals surface area contributed by atoms with Crippen molar-refractivity contribution < 1.29 is 8.42 Å². The number of allylic oxidation sites excluding steroid dienone is 9. The average Bonchev–Trinajstić information content (AvgIpc) is 2.76.